The molecule has 0 aliphatic rings. The Morgan fingerprint density at radius 1 is 0.151 bits per heavy atom. The Balaban J connectivity index is 0.929. The number of benzene rings is 17. The molecule has 18 aromatic rings. The van der Waals surface area contributed by atoms with Crippen LogP contribution < -0.4 is 14.7 Å². The van der Waals surface area contributed by atoms with Crippen molar-refractivity contribution < 1.29 is 0 Å². The lowest BCUT2D eigenvalue weighted by molar-refractivity contribution is 1.18. The third kappa shape index (κ3) is 12.8. The third-order valence-electron chi connectivity index (χ3n) is 20.4. The average molecular weight is 1350 g/mol. The predicted octanol–water partition coefficient (Wildman–Crippen LogP) is 28.5. The SMILES string of the molecule is c1ccc(-c2ccc(N(c3ccc(-c4ccccc4)cc3)c3cc(-c4ccc5c(c4)c4cc(-c6ccccc6)ccc4n5-c4ccc(-c5ccccc5)cc4)c(N(c4ccc(-c5ccccc5)cc4)c4ccc(-c5ccccc5)cc4)cc3-c3ccc(N(c4ccccc4)c4ccccc4)cc3)cc2)cc1. The summed E-state index contributed by atoms with van der Waals surface area (Å²) in [4.78, 5) is 7.29. The first-order valence-electron chi connectivity index (χ1n) is 36.3. The van der Waals surface area contributed by atoms with Crippen LogP contribution in [0.15, 0.2) is 437 Å². The van der Waals surface area contributed by atoms with Crippen LogP contribution in [0.5, 0.6) is 0 Å². The third-order valence-corrected chi connectivity index (χ3v) is 20.4. The first kappa shape index (κ1) is 64.1. The lowest BCUT2D eigenvalue weighted by Gasteiger charge is -2.33. The number of hydrogen-bond acceptors (Lipinski definition) is 3. The van der Waals surface area contributed by atoms with Crippen molar-refractivity contribution in [1.82, 2.24) is 4.57 Å². The number of para-hydroxylation sites is 2. The summed E-state index contributed by atoms with van der Waals surface area (Å²) in [6.07, 6.45) is 0. The summed E-state index contributed by atoms with van der Waals surface area (Å²) in [7, 11) is 0. The van der Waals surface area contributed by atoms with Crippen molar-refractivity contribution in [3.05, 3.63) is 437 Å². The van der Waals surface area contributed by atoms with Gasteiger partial charge in [-0.2, -0.15) is 0 Å². The van der Waals surface area contributed by atoms with Gasteiger partial charge in [-0.15, -0.1) is 0 Å². The molecule has 0 atom stereocenters. The molecule has 0 amide bonds. The maximum atomic E-state index is 2.48. The zero-order chi connectivity index (χ0) is 70.5. The molecular weight excluding hydrogens is 1280 g/mol. The van der Waals surface area contributed by atoms with Gasteiger partial charge >= 0.3 is 0 Å². The average Bonchev–Trinajstić information content (AvgIpc) is 1.26. The largest absolute Gasteiger partial charge is 0.311 e. The van der Waals surface area contributed by atoms with E-state index in [0.717, 1.165) is 157 Å². The van der Waals surface area contributed by atoms with Crippen LogP contribution in [-0.2, 0) is 0 Å². The van der Waals surface area contributed by atoms with Gasteiger partial charge in [-0.05, 0) is 211 Å². The van der Waals surface area contributed by atoms with Gasteiger partial charge in [-0.3, -0.25) is 0 Å². The second kappa shape index (κ2) is 28.8. The minimum atomic E-state index is 1.00. The van der Waals surface area contributed by atoms with Gasteiger partial charge in [0, 0.05) is 67.4 Å². The first-order chi connectivity index (χ1) is 52.6. The monoisotopic (exact) mass is 1350 g/mol. The molecule has 4 heteroatoms. The topological polar surface area (TPSA) is 14.7 Å². The maximum Gasteiger partial charge on any atom is 0.0547 e. The lowest BCUT2D eigenvalue weighted by Crippen LogP contribution is -2.15. The van der Waals surface area contributed by atoms with Crippen LogP contribution in [0.4, 0.5) is 51.2 Å². The van der Waals surface area contributed by atoms with Crippen molar-refractivity contribution in [1.29, 1.82) is 0 Å². The summed E-state index contributed by atoms with van der Waals surface area (Å²) < 4.78 is 2.45. The molecule has 18 rings (SSSR count). The van der Waals surface area contributed by atoms with Crippen molar-refractivity contribution in [3.63, 3.8) is 0 Å². The van der Waals surface area contributed by atoms with Crippen molar-refractivity contribution in [3.8, 4) is 94.7 Å². The Morgan fingerprint density at radius 2 is 0.368 bits per heavy atom. The van der Waals surface area contributed by atoms with Crippen LogP contribution in [0.1, 0.15) is 0 Å². The normalized spacial score (nSPS) is 11.2. The van der Waals surface area contributed by atoms with E-state index in [1.807, 2.05) is 0 Å². The summed E-state index contributed by atoms with van der Waals surface area (Å²) in [6, 6.07) is 159. The number of nitrogens with zero attached hydrogens (tertiary/aromatic N) is 4. The molecule has 4 nitrogen and oxygen atoms in total. The van der Waals surface area contributed by atoms with Gasteiger partial charge in [0.15, 0.2) is 0 Å². The smallest absolute Gasteiger partial charge is 0.0547 e. The van der Waals surface area contributed by atoms with E-state index >= 15 is 0 Å². The van der Waals surface area contributed by atoms with Crippen molar-refractivity contribution in [2.24, 2.45) is 0 Å². The fourth-order valence-electron chi connectivity index (χ4n) is 15.1. The van der Waals surface area contributed by atoms with E-state index < -0.39 is 0 Å². The Bertz CT molecular complexity index is 5810. The van der Waals surface area contributed by atoms with Gasteiger partial charge in [0.05, 0.1) is 22.4 Å². The van der Waals surface area contributed by atoms with Gasteiger partial charge in [0.25, 0.3) is 0 Å². The molecule has 1 aromatic heterocycles. The Morgan fingerprint density at radius 3 is 0.689 bits per heavy atom. The number of fused-ring (bicyclic) bond motifs is 3. The molecule has 500 valence electrons. The number of anilines is 9. The molecule has 0 radical (unpaired) electrons. The molecule has 0 saturated carbocycles. The highest BCUT2D eigenvalue weighted by molar-refractivity contribution is 6.13. The van der Waals surface area contributed by atoms with Crippen LogP contribution in [-0.4, -0.2) is 4.57 Å². The standard InChI is InChI=1S/C102H72N4/c1-9-25-73(26-10-1)79-41-55-90(56-42-79)104(91-57-43-80(44-58-91)74-27-11-2-12-28-74)101-72-96(86-54-68-100-98(70-86)97-69-85(78-35-19-6-20-36-78)53-67-99(97)106(100)94-63-49-83(50-64-94)77-33-17-5-18-34-77)102(71-95(101)84-51-65-89(66-52-84)103(87-37-21-7-22-38-87)88-39-23-8-24-40-88)105(92-59-45-81(46-60-92)75-29-13-3-14-30-75)93-61-47-82(48-62-93)76-31-15-4-16-32-76/h1-72H. The number of aromatic nitrogens is 1. The Kier molecular flexibility index (Phi) is 17.4. The van der Waals surface area contributed by atoms with Crippen molar-refractivity contribution in [2.75, 3.05) is 14.7 Å². The molecule has 0 spiro atoms. The maximum absolute atomic E-state index is 2.48. The lowest BCUT2D eigenvalue weighted by atomic mass is 9.92. The highest BCUT2D eigenvalue weighted by atomic mass is 15.2. The van der Waals surface area contributed by atoms with Crippen LogP contribution in [0.25, 0.3) is 117 Å². The Hall–Kier alpha value is -14.1. The molecule has 106 heavy (non-hydrogen) atoms. The van der Waals surface area contributed by atoms with E-state index in [0.29, 0.717) is 0 Å². The molecule has 0 aliphatic carbocycles. The fraction of sp³-hybridized carbons (Fsp3) is 0. The summed E-state index contributed by atoms with van der Waals surface area (Å²) in [5.74, 6) is 0. The zero-order valence-electron chi connectivity index (χ0n) is 58.4. The van der Waals surface area contributed by atoms with E-state index in [1.165, 1.54) is 11.1 Å². The first-order valence-corrected chi connectivity index (χ1v) is 36.3. The molecule has 1 heterocycles. The fourth-order valence-corrected chi connectivity index (χ4v) is 15.1. The summed E-state index contributed by atoms with van der Waals surface area (Å²) >= 11 is 0. The van der Waals surface area contributed by atoms with Gasteiger partial charge in [-0.1, -0.05) is 303 Å². The van der Waals surface area contributed by atoms with E-state index in [-0.39, 0.29) is 0 Å². The minimum Gasteiger partial charge on any atom is -0.311 e. The summed E-state index contributed by atoms with van der Waals surface area (Å²) in [5, 5.41) is 2.30. The van der Waals surface area contributed by atoms with Gasteiger partial charge in [-0.25, -0.2) is 0 Å². The highest BCUT2D eigenvalue weighted by Gasteiger charge is 2.27. The van der Waals surface area contributed by atoms with Crippen molar-refractivity contribution in [2.45, 2.75) is 0 Å². The van der Waals surface area contributed by atoms with Crippen LogP contribution in [0, 0.1) is 0 Å². The molecule has 0 fully saturated rings. The van der Waals surface area contributed by atoms with Gasteiger partial charge in [0.1, 0.15) is 0 Å². The van der Waals surface area contributed by atoms with Crippen LogP contribution in [0.2, 0.25) is 0 Å². The molecule has 0 saturated heterocycles. The van der Waals surface area contributed by atoms with E-state index in [4.69, 9.17) is 0 Å². The molecule has 0 aliphatic heterocycles. The van der Waals surface area contributed by atoms with Gasteiger partial charge in [0.2, 0.25) is 0 Å². The predicted molar refractivity (Wildman–Crippen MR) is 448 cm³/mol. The molecule has 0 bridgehead atoms. The van der Waals surface area contributed by atoms with E-state index in [2.05, 4.69) is 456 Å². The minimum absolute atomic E-state index is 1.00. The van der Waals surface area contributed by atoms with Crippen LogP contribution in [0.3, 0.4) is 0 Å². The molecule has 0 unspecified atom stereocenters. The Labute approximate surface area is 619 Å². The number of rotatable bonds is 18. The second-order valence-corrected chi connectivity index (χ2v) is 26.8. The van der Waals surface area contributed by atoms with E-state index in [1.54, 1.807) is 0 Å². The van der Waals surface area contributed by atoms with Gasteiger partial charge < -0.3 is 19.3 Å². The summed E-state index contributed by atoms with van der Waals surface area (Å²) in [6.45, 7) is 0. The van der Waals surface area contributed by atoms with E-state index in [9.17, 15) is 0 Å². The highest BCUT2D eigenvalue weighted by Crippen LogP contribution is 2.52. The summed E-state index contributed by atoms with van der Waals surface area (Å²) in [5.41, 5.74) is 30.6. The molecule has 0 N–H and O–H groups in total. The zero-order valence-corrected chi connectivity index (χ0v) is 58.4. The van der Waals surface area contributed by atoms with Crippen molar-refractivity contribution >= 4 is 73.0 Å². The quantitative estimate of drug-likeness (QED) is 0.0851. The molecular formula is C102H72N4. The van der Waals surface area contributed by atoms with Crippen LogP contribution >= 0.6 is 0 Å². The number of hydrogen-bond donors (Lipinski definition) is 0. The molecule has 17 aromatic carbocycles. The second-order valence-electron chi connectivity index (χ2n) is 26.8.